The van der Waals surface area contributed by atoms with Crippen molar-refractivity contribution in [3.63, 3.8) is 0 Å². The highest BCUT2D eigenvalue weighted by molar-refractivity contribution is 7.92. The number of ether oxygens (including phenoxy) is 1. The summed E-state index contributed by atoms with van der Waals surface area (Å²) in [6.07, 6.45) is 1.09. The normalized spacial score (nSPS) is 11.1. The third-order valence-corrected chi connectivity index (χ3v) is 5.34. The molecular formula is C18H21ClN2O4S. The first-order chi connectivity index (χ1) is 12.2. The fourth-order valence-corrected chi connectivity index (χ4v) is 3.44. The van der Waals surface area contributed by atoms with E-state index in [0.29, 0.717) is 22.1 Å². The zero-order valence-corrected chi connectivity index (χ0v) is 16.4. The highest BCUT2D eigenvalue weighted by Crippen LogP contribution is 2.25. The van der Waals surface area contributed by atoms with Crippen LogP contribution in [0.5, 0.6) is 5.75 Å². The molecule has 0 bridgehead atoms. The van der Waals surface area contributed by atoms with E-state index in [0.717, 1.165) is 11.8 Å². The van der Waals surface area contributed by atoms with E-state index < -0.39 is 10.0 Å². The Morgan fingerprint density at radius 3 is 2.58 bits per heavy atom. The summed E-state index contributed by atoms with van der Waals surface area (Å²) in [5.41, 5.74) is 1.86. The molecule has 0 saturated carbocycles. The molecule has 0 unspecified atom stereocenters. The number of nitrogens with zero attached hydrogens (tertiary/aromatic N) is 1. The lowest BCUT2D eigenvalue weighted by atomic mass is 10.2. The van der Waals surface area contributed by atoms with Crippen LogP contribution in [0.3, 0.4) is 0 Å². The molecule has 0 radical (unpaired) electrons. The third-order valence-electron chi connectivity index (χ3n) is 3.74. The van der Waals surface area contributed by atoms with Gasteiger partial charge in [-0.1, -0.05) is 23.7 Å². The minimum Gasteiger partial charge on any atom is -0.497 e. The van der Waals surface area contributed by atoms with Gasteiger partial charge in [0.05, 0.1) is 19.1 Å². The van der Waals surface area contributed by atoms with Crippen molar-refractivity contribution >= 4 is 38.9 Å². The maximum Gasteiger partial charge on any atom is 0.232 e. The van der Waals surface area contributed by atoms with Crippen LogP contribution >= 0.6 is 11.6 Å². The Balaban J connectivity index is 2.09. The number of aryl methyl sites for hydroxylation is 1. The van der Waals surface area contributed by atoms with Crippen molar-refractivity contribution in [3.8, 4) is 5.75 Å². The molecule has 0 fully saturated rings. The van der Waals surface area contributed by atoms with Gasteiger partial charge in [-0.15, -0.1) is 0 Å². The van der Waals surface area contributed by atoms with Crippen LogP contribution in [-0.4, -0.2) is 34.2 Å². The van der Waals surface area contributed by atoms with Crippen LogP contribution in [0.15, 0.2) is 42.5 Å². The number of amides is 1. The predicted octanol–water partition coefficient (Wildman–Crippen LogP) is 3.45. The Hall–Kier alpha value is -2.25. The third kappa shape index (κ3) is 5.37. The molecule has 0 aliphatic heterocycles. The van der Waals surface area contributed by atoms with Gasteiger partial charge in [-0.25, -0.2) is 8.42 Å². The molecule has 0 heterocycles. The lowest BCUT2D eigenvalue weighted by molar-refractivity contribution is -0.116. The van der Waals surface area contributed by atoms with E-state index in [2.05, 4.69) is 5.32 Å². The number of sulfonamides is 1. The van der Waals surface area contributed by atoms with Gasteiger partial charge in [-0.3, -0.25) is 9.10 Å². The Labute approximate surface area is 158 Å². The number of anilines is 2. The number of carbonyl (C=O) groups excluding carboxylic acids is 1. The summed E-state index contributed by atoms with van der Waals surface area (Å²) in [6, 6.07) is 11.9. The van der Waals surface area contributed by atoms with Gasteiger partial charge in [0.2, 0.25) is 15.9 Å². The zero-order valence-electron chi connectivity index (χ0n) is 14.8. The minimum absolute atomic E-state index is 0.00419. The molecule has 8 heteroatoms. The molecule has 140 valence electrons. The maximum absolute atomic E-state index is 12.2. The van der Waals surface area contributed by atoms with Gasteiger partial charge < -0.3 is 10.1 Å². The van der Waals surface area contributed by atoms with E-state index in [-0.39, 0.29) is 18.9 Å². The van der Waals surface area contributed by atoms with Crippen molar-refractivity contribution in [2.45, 2.75) is 13.3 Å². The molecule has 26 heavy (non-hydrogen) atoms. The average molecular weight is 397 g/mol. The molecule has 0 atom stereocenters. The highest BCUT2D eigenvalue weighted by atomic mass is 35.5. The molecule has 0 aliphatic carbocycles. The molecule has 0 saturated heterocycles. The first-order valence-corrected chi connectivity index (χ1v) is 10.1. The van der Waals surface area contributed by atoms with Crippen molar-refractivity contribution in [3.05, 3.63) is 53.1 Å². The summed E-state index contributed by atoms with van der Waals surface area (Å²) in [6.45, 7) is 1.84. The van der Waals surface area contributed by atoms with Crippen molar-refractivity contribution < 1.29 is 17.9 Å². The lowest BCUT2D eigenvalue weighted by Gasteiger charge is -2.22. The van der Waals surface area contributed by atoms with E-state index in [9.17, 15) is 13.2 Å². The maximum atomic E-state index is 12.2. The first kappa shape index (κ1) is 20.1. The number of benzene rings is 2. The Bertz CT molecular complexity index is 900. The molecule has 2 aromatic rings. The second kappa shape index (κ2) is 8.42. The molecule has 0 aliphatic rings. The Morgan fingerprint density at radius 2 is 1.96 bits per heavy atom. The van der Waals surface area contributed by atoms with Crippen molar-refractivity contribution in [1.29, 1.82) is 0 Å². The molecule has 0 aromatic heterocycles. The van der Waals surface area contributed by atoms with E-state index in [1.807, 2.05) is 6.92 Å². The summed E-state index contributed by atoms with van der Waals surface area (Å²) in [7, 11) is -2.01. The lowest BCUT2D eigenvalue weighted by Crippen LogP contribution is -2.33. The van der Waals surface area contributed by atoms with Crippen LogP contribution in [0.1, 0.15) is 12.0 Å². The SMILES string of the molecule is COc1cccc(NC(=O)CCN(c2ccc(C)c(Cl)c2)S(C)(=O)=O)c1. The number of halogens is 1. The van der Waals surface area contributed by atoms with Crippen molar-refractivity contribution in [1.82, 2.24) is 0 Å². The number of methoxy groups -OCH3 is 1. The van der Waals surface area contributed by atoms with Gasteiger partial charge >= 0.3 is 0 Å². The molecule has 6 nitrogen and oxygen atoms in total. The van der Waals surface area contributed by atoms with Gasteiger partial charge in [0, 0.05) is 29.7 Å². The van der Waals surface area contributed by atoms with Crippen LogP contribution < -0.4 is 14.4 Å². The summed E-state index contributed by atoms with van der Waals surface area (Å²) in [4.78, 5) is 12.2. The van der Waals surface area contributed by atoms with Crippen LogP contribution in [0.4, 0.5) is 11.4 Å². The van der Waals surface area contributed by atoms with Gasteiger partial charge in [0.15, 0.2) is 0 Å². The number of hydrogen-bond donors (Lipinski definition) is 1. The molecular weight excluding hydrogens is 376 g/mol. The fraction of sp³-hybridized carbons (Fsp3) is 0.278. The summed E-state index contributed by atoms with van der Waals surface area (Å²) in [5, 5.41) is 3.20. The van der Waals surface area contributed by atoms with E-state index in [1.165, 1.54) is 11.4 Å². The Kier molecular flexibility index (Phi) is 6.50. The largest absolute Gasteiger partial charge is 0.497 e. The average Bonchev–Trinajstić information content (AvgIpc) is 2.57. The second-order valence-electron chi connectivity index (χ2n) is 5.80. The van der Waals surface area contributed by atoms with Gasteiger partial charge in [-0.2, -0.15) is 0 Å². The van der Waals surface area contributed by atoms with Gasteiger partial charge in [-0.05, 0) is 36.8 Å². The van der Waals surface area contributed by atoms with Crippen molar-refractivity contribution in [2.75, 3.05) is 29.5 Å². The highest BCUT2D eigenvalue weighted by Gasteiger charge is 2.19. The first-order valence-electron chi connectivity index (χ1n) is 7.88. The topological polar surface area (TPSA) is 75.7 Å². The summed E-state index contributed by atoms with van der Waals surface area (Å²) >= 11 is 6.09. The zero-order chi connectivity index (χ0) is 19.3. The number of carbonyl (C=O) groups is 1. The minimum atomic E-state index is -3.55. The molecule has 1 N–H and O–H groups in total. The summed E-state index contributed by atoms with van der Waals surface area (Å²) < 4.78 is 30.5. The quantitative estimate of drug-likeness (QED) is 0.777. The van der Waals surface area contributed by atoms with E-state index >= 15 is 0 Å². The summed E-state index contributed by atoms with van der Waals surface area (Å²) in [5.74, 6) is 0.319. The van der Waals surface area contributed by atoms with Crippen molar-refractivity contribution in [2.24, 2.45) is 0 Å². The van der Waals surface area contributed by atoms with Crippen LogP contribution in [-0.2, 0) is 14.8 Å². The van der Waals surface area contributed by atoms with Crippen LogP contribution in [0, 0.1) is 6.92 Å². The van der Waals surface area contributed by atoms with Gasteiger partial charge in [0.1, 0.15) is 5.75 Å². The standard InChI is InChI=1S/C18H21ClN2O4S/c1-13-7-8-15(12-17(13)19)21(26(3,23)24)10-9-18(22)20-14-5-4-6-16(11-14)25-2/h4-8,11-12H,9-10H2,1-3H3,(H,20,22). The monoisotopic (exact) mass is 396 g/mol. The molecule has 2 rings (SSSR count). The van der Waals surface area contributed by atoms with Crippen LogP contribution in [0.25, 0.3) is 0 Å². The smallest absolute Gasteiger partial charge is 0.232 e. The Morgan fingerprint density at radius 1 is 1.23 bits per heavy atom. The van der Waals surface area contributed by atoms with Crippen LogP contribution in [0.2, 0.25) is 5.02 Å². The predicted molar refractivity (Wildman–Crippen MR) is 105 cm³/mol. The van der Waals surface area contributed by atoms with Gasteiger partial charge in [0.25, 0.3) is 0 Å². The van der Waals surface area contributed by atoms with E-state index in [1.54, 1.807) is 42.5 Å². The molecule has 1 amide bonds. The number of nitrogens with one attached hydrogen (secondary N) is 1. The number of rotatable bonds is 7. The number of hydrogen-bond acceptors (Lipinski definition) is 4. The van der Waals surface area contributed by atoms with E-state index in [4.69, 9.17) is 16.3 Å². The second-order valence-corrected chi connectivity index (χ2v) is 8.11. The molecule has 0 spiro atoms. The fourth-order valence-electron chi connectivity index (χ4n) is 2.35. The molecule has 2 aromatic carbocycles.